The van der Waals surface area contributed by atoms with E-state index in [0.29, 0.717) is 19.0 Å². The van der Waals surface area contributed by atoms with Crippen molar-refractivity contribution in [3.8, 4) is 5.75 Å². The topological polar surface area (TPSA) is 65.4 Å². The lowest BCUT2D eigenvalue weighted by Crippen LogP contribution is -2.02. The van der Waals surface area contributed by atoms with Gasteiger partial charge in [0.2, 0.25) is 4.96 Å². The molecule has 0 radical (unpaired) electrons. The highest BCUT2D eigenvalue weighted by atomic mass is 32.1. The van der Waals surface area contributed by atoms with E-state index in [0.717, 1.165) is 16.4 Å². The number of nitrogens with two attached hydrogens (primary N) is 1. The molecule has 2 heterocycles. The maximum atomic E-state index is 5.65. The van der Waals surface area contributed by atoms with Crippen molar-refractivity contribution in [2.75, 3.05) is 0 Å². The van der Waals surface area contributed by atoms with E-state index in [1.54, 1.807) is 4.52 Å². The second-order valence-electron chi connectivity index (χ2n) is 4.26. The van der Waals surface area contributed by atoms with Crippen LogP contribution in [0.2, 0.25) is 0 Å². The molecule has 0 aliphatic heterocycles. The lowest BCUT2D eigenvalue weighted by molar-refractivity contribution is 0.296. The van der Waals surface area contributed by atoms with Gasteiger partial charge in [-0.2, -0.15) is 4.98 Å². The number of aryl methyl sites for hydroxylation is 1. The van der Waals surface area contributed by atoms with Crippen molar-refractivity contribution < 1.29 is 4.74 Å². The smallest absolute Gasteiger partial charge is 0.212 e. The number of hydrogen-bond acceptors (Lipinski definition) is 5. The molecular weight excluding hydrogens is 260 g/mol. The van der Waals surface area contributed by atoms with Crippen LogP contribution in [0.1, 0.15) is 17.1 Å². The molecule has 0 aliphatic rings. The average Bonchev–Trinajstić information content (AvgIpc) is 2.97. The number of benzene rings is 1. The number of thiazole rings is 1. The van der Waals surface area contributed by atoms with Crippen molar-refractivity contribution in [3.63, 3.8) is 0 Å². The van der Waals surface area contributed by atoms with E-state index in [1.807, 2.05) is 36.6 Å². The summed E-state index contributed by atoms with van der Waals surface area (Å²) in [5.41, 5.74) is 7.81. The Morgan fingerprint density at radius 2 is 2.11 bits per heavy atom. The second-order valence-corrected chi connectivity index (χ2v) is 5.09. The Bertz CT molecular complexity index is 686. The van der Waals surface area contributed by atoms with E-state index in [4.69, 9.17) is 10.5 Å². The van der Waals surface area contributed by atoms with Crippen molar-refractivity contribution in [1.82, 2.24) is 14.6 Å². The first kappa shape index (κ1) is 12.1. The summed E-state index contributed by atoms with van der Waals surface area (Å²) in [6.45, 7) is 2.87. The predicted octanol–water partition coefficient (Wildman–Crippen LogP) is 2.14. The van der Waals surface area contributed by atoms with Gasteiger partial charge in [0.15, 0.2) is 5.82 Å². The number of fused-ring (bicyclic) bond motifs is 1. The third kappa shape index (κ3) is 2.45. The highest BCUT2D eigenvalue weighted by Crippen LogP contribution is 2.16. The van der Waals surface area contributed by atoms with Gasteiger partial charge in [0.1, 0.15) is 12.4 Å². The van der Waals surface area contributed by atoms with Gasteiger partial charge in [-0.3, -0.25) is 0 Å². The first-order valence-electron chi connectivity index (χ1n) is 5.98. The van der Waals surface area contributed by atoms with E-state index in [1.165, 1.54) is 16.9 Å². The highest BCUT2D eigenvalue weighted by Gasteiger charge is 2.09. The second kappa shape index (κ2) is 4.99. The molecule has 0 fully saturated rings. The molecular formula is C13H14N4OS. The van der Waals surface area contributed by atoms with Crippen LogP contribution < -0.4 is 10.5 Å². The number of aromatic nitrogens is 3. The molecule has 0 atom stereocenters. The van der Waals surface area contributed by atoms with Crippen LogP contribution in [-0.2, 0) is 13.2 Å². The van der Waals surface area contributed by atoms with Crippen LogP contribution >= 0.6 is 11.3 Å². The third-order valence-electron chi connectivity index (χ3n) is 2.79. The van der Waals surface area contributed by atoms with Crippen molar-refractivity contribution in [2.24, 2.45) is 5.73 Å². The molecule has 0 unspecified atom stereocenters. The molecule has 3 rings (SSSR count). The van der Waals surface area contributed by atoms with Crippen molar-refractivity contribution >= 4 is 16.3 Å². The van der Waals surface area contributed by atoms with Crippen molar-refractivity contribution in [1.29, 1.82) is 0 Å². The van der Waals surface area contributed by atoms with Gasteiger partial charge in [0, 0.05) is 11.9 Å². The van der Waals surface area contributed by atoms with Crippen LogP contribution in [0.15, 0.2) is 29.6 Å². The zero-order chi connectivity index (χ0) is 13.2. The zero-order valence-electron chi connectivity index (χ0n) is 10.5. The van der Waals surface area contributed by atoms with Crippen LogP contribution in [0.4, 0.5) is 0 Å². The maximum absolute atomic E-state index is 5.65. The minimum absolute atomic E-state index is 0.363. The van der Waals surface area contributed by atoms with Gasteiger partial charge < -0.3 is 10.5 Å². The number of ether oxygens (including phenoxy) is 1. The Balaban J connectivity index is 1.74. The fourth-order valence-corrected chi connectivity index (χ4v) is 2.60. The third-order valence-corrected chi connectivity index (χ3v) is 3.66. The minimum atomic E-state index is 0.363. The van der Waals surface area contributed by atoms with E-state index < -0.39 is 0 Å². The SMILES string of the molecule is Cc1ccc(OCc2nc3scc(CN)n3n2)cc1. The van der Waals surface area contributed by atoms with Crippen molar-refractivity contribution in [2.45, 2.75) is 20.1 Å². The summed E-state index contributed by atoms with van der Waals surface area (Å²) in [5, 5.41) is 6.36. The quantitative estimate of drug-likeness (QED) is 0.791. The Morgan fingerprint density at radius 1 is 1.32 bits per heavy atom. The van der Waals surface area contributed by atoms with E-state index in [-0.39, 0.29) is 0 Å². The summed E-state index contributed by atoms with van der Waals surface area (Å²) < 4.78 is 7.43. The van der Waals surface area contributed by atoms with E-state index >= 15 is 0 Å². The average molecular weight is 274 g/mol. The molecule has 0 spiro atoms. The minimum Gasteiger partial charge on any atom is -0.486 e. The summed E-state index contributed by atoms with van der Waals surface area (Å²) in [5.74, 6) is 1.49. The van der Waals surface area contributed by atoms with Gasteiger partial charge in [0.25, 0.3) is 0 Å². The zero-order valence-corrected chi connectivity index (χ0v) is 11.4. The molecule has 0 aliphatic carbocycles. The lowest BCUT2D eigenvalue weighted by atomic mass is 10.2. The molecule has 6 heteroatoms. The van der Waals surface area contributed by atoms with Gasteiger partial charge in [-0.1, -0.05) is 17.7 Å². The first-order valence-corrected chi connectivity index (χ1v) is 6.86. The van der Waals surface area contributed by atoms with Gasteiger partial charge in [0.05, 0.1) is 5.69 Å². The number of rotatable bonds is 4. The molecule has 2 N–H and O–H groups in total. The Kier molecular flexibility index (Phi) is 3.18. The lowest BCUT2D eigenvalue weighted by Gasteiger charge is -2.03. The standard InChI is InChI=1S/C13H14N4OS/c1-9-2-4-11(5-3-9)18-7-12-15-13-17(16-12)10(6-14)8-19-13/h2-5,8H,6-7,14H2,1H3. The number of hydrogen-bond donors (Lipinski definition) is 1. The van der Waals surface area contributed by atoms with Crippen LogP contribution in [0, 0.1) is 6.92 Å². The molecule has 0 amide bonds. The van der Waals surface area contributed by atoms with E-state index in [9.17, 15) is 0 Å². The summed E-state index contributed by atoms with van der Waals surface area (Å²) in [7, 11) is 0. The summed E-state index contributed by atoms with van der Waals surface area (Å²) in [4.78, 5) is 5.25. The first-order chi connectivity index (χ1) is 9.26. The van der Waals surface area contributed by atoms with E-state index in [2.05, 4.69) is 10.1 Å². The maximum Gasteiger partial charge on any atom is 0.212 e. The predicted molar refractivity (Wildman–Crippen MR) is 74.3 cm³/mol. The molecule has 0 bridgehead atoms. The Morgan fingerprint density at radius 3 is 2.84 bits per heavy atom. The van der Waals surface area contributed by atoms with Gasteiger partial charge in [-0.15, -0.1) is 16.4 Å². The molecule has 1 aromatic carbocycles. The van der Waals surface area contributed by atoms with Crippen molar-refractivity contribution in [3.05, 3.63) is 46.7 Å². The molecule has 0 saturated heterocycles. The highest BCUT2D eigenvalue weighted by molar-refractivity contribution is 7.15. The normalized spacial score (nSPS) is 11.1. The van der Waals surface area contributed by atoms with Crippen LogP contribution in [-0.4, -0.2) is 14.6 Å². The fourth-order valence-electron chi connectivity index (χ4n) is 1.75. The molecule has 19 heavy (non-hydrogen) atoms. The van der Waals surface area contributed by atoms with Gasteiger partial charge in [-0.25, -0.2) is 4.52 Å². The monoisotopic (exact) mass is 274 g/mol. The summed E-state index contributed by atoms with van der Waals surface area (Å²) in [6.07, 6.45) is 0. The van der Waals surface area contributed by atoms with Crippen LogP contribution in [0.3, 0.4) is 0 Å². The van der Waals surface area contributed by atoms with Crippen LogP contribution in [0.25, 0.3) is 4.96 Å². The van der Waals surface area contributed by atoms with Gasteiger partial charge >= 0.3 is 0 Å². The largest absolute Gasteiger partial charge is 0.486 e. The summed E-state index contributed by atoms with van der Waals surface area (Å²) >= 11 is 1.54. The van der Waals surface area contributed by atoms with Gasteiger partial charge in [-0.05, 0) is 19.1 Å². The fraction of sp³-hybridized carbons (Fsp3) is 0.231. The molecule has 98 valence electrons. The Hall–Kier alpha value is -1.92. The summed E-state index contributed by atoms with van der Waals surface area (Å²) in [6, 6.07) is 7.92. The van der Waals surface area contributed by atoms with Crippen LogP contribution in [0.5, 0.6) is 5.75 Å². The molecule has 3 aromatic rings. The Labute approximate surface area is 114 Å². The molecule has 2 aromatic heterocycles. The number of nitrogens with zero attached hydrogens (tertiary/aromatic N) is 3. The molecule has 0 saturated carbocycles. The molecule has 5 nitrogen and oxygen atoms in total.